The first-order valence-corrected chi connectivity index (χ1v) is 12.6. The Bertz CT molecular complexity index is 284. The number of ether oxygens (including phenoxy) is 7. The van der Waals surface area contributed by atoms with Crippen molar-refractivity contribution in [2.24, 2.45) is 0 Å². The molecule has 0 saturated carbocycles. The minimum atomic E-state index is 0.558. The molecule has 0 amide bonds. The molecular weight excluding hydrogens is 424 g/mol. The van der Waals surface area contributed by atoms with Crippen molar-refractivity contribution in [2.45, 2.75) is 51.9 Å². The quantitative estimate of drug-likeness (QED) is 0.126. The van der Waals surface area contributed by atoms with E-state index < -0.39 is 0 Å². The number of unbranched alkanes of at least 4 members (excludes halogenated alkanes) is 5. The smallest absolute Gasteiger partial charge is 0.0701 e. The summed E-state index contributed by atoms with van der Waals surface area (Å²) < 4.78 is 38.2. The summed E-state index contributed by atoms with van der Waals surface area (Å²) in [5.74, 6) is 0.753. The zero-order valence-corrected chi connectivity index (χ0v) is 20.5. The van der Waals surface area contributed by atoms with Crippen molar-refractivity contribution in [3.63, 3.8) is 0 Å². The Labute approximate surface area is 195 Å². The van der Waals surface area contributed by atoms with E-state index in [4.69, 9.17) is 44.8 Å². The molecule has 0 aromatic carbocycles. The van der Waals surface area contributed by atoms with E-state index in [2.05, 4.69) is 6.92 Å². The van der Waals surface area contributed by atoms with Crippen LogP contribution in [-0.4, -0.2) is 98.4 Å². The third kappa shape index (κ3) is 30.0. The van der Waals surface area contributed by atoms with Gasteiger partial charge in [-0.15, -0.1) is 11.6 Å². The number of hydrogen-bond donors (Lipinski definition) is 0. The molecule has 0 aliphatic carbocycles. The lowest BCUT2D eigenvalue weighted by molar-refractivity contribution is -0.0206. The molecule has 0 aromatic heterocycles. The molecule has 0 heterocycles. The Morgan fingerprint density at radius 2 is 0.645 bits per heavy atom. The maximum atomic E-state index is 5.64. The fourth-order valence-corrected chi connectivity index (χ4v) is 2.72. The molecule has 0 aliphatic heterocycles. The summed E-state index contributed by atoms with van der Waals surface area (Å²) in [6.07, 6.45) is 8.12. The fourth-order valence-electron chi connectivity index (χ4n) is 2.53. The van der Waals surface area contributed by atoms with E-state index in [-0.39, 0.29) is 0 Å². The van der Waals surface area contributed by atoms with Crippen LogP contribution in [-0.2, 0) is 33.2 Å². The average Bonchev–Trinajstić information content (AvgIpc) is 2.78. The number of hydrogen-bond acceptors (Lipinski definition) is 7. The Morgan fingerprint density at radius 3 is 0.968 bits per heavy atom. The predicted molar refractivity (Wildman–Crippen MR) is 124 cm³/mol. The number of halogens is 1. The van der Waals surface area contributed by atoms with E-state index in [0.717, 1.165) is 38.4 Å². The van der Waals surface area contributed by atoms with Crippen molar-refractivity contribution in [3.05, 3.63) is 0 Å². The van der Waals surface area contributed by atoms with Gasteiger partial charge in [-0.05, 0) is 19.3 Å². The number of alkyl halides is 1. The molecule has 0 saturated heterocycles. The standard InChI is InChI=1S/C23H47ClO7/c1-2-3-7-10-25-12-14-27-16-18-29-20-22-31-23-21-30-19-17-28-15-13-26-11-8-5-4-6-9-24/h2-23H2,1H3. The van der Waals surface area contributed by atoms with Crippen LogP contribution in [0.1, 0.15) is 51.9 Å². The van der Waals surface area contributed by atoms with Crippen molar-refractivity contribution in [1.29, 1.82) is 0 Å². The average molecular weight is 471 g/mol. The normalized spacial score (nSPS) is 11.4. The molecule has 31 heavy (non-hydrogen) atoms. The molecule has 0 unspecified atom stereocenters. The molecule has 188 valence electrons. The molecule has 0 radical (unpaired) electrons. The second-order valence-electron chi connectivity index (χ2n) is 7.10. The van der Waals surface area contributed by atoms with Gasteiger partial charge >= 0.3 is 0 Å². The SMILES string of the molecule is CCCCCOCCOCCOCCOCCOCCOCCOCCCCCCCl. The topological polar surface area (TPSA) is 64.6 Å². The van der Waals surface area contributed by atoms with Crippen molar-refractivity contribution in [2.75, 3.05) is 98.4 Å². The van der Waals surface area contributed by atoms with E-state index in [1.165, 1.54) is 25.7 Å². The Hall–Kier alpha value is 0.01000. The minimum Gasteiger partial charge on any atom is -0.379 e. The highest BCUT2D eigenvalue weighted by Gasteiger charge is 1.95. The van der Waals surface area contributed by atoms with Gasteiger partial charge in [0.2, 0.25) is 0 Å². The van der Waals surface area contributed by atoms with Crippen LogP contribution in [0.2, 0.25) is 0 Å². The largest absolute Gasteiger partial charge is 0.379 e. The third-order valence-electron chi connectivity index (χ3n) is 4.30. The summed E-state index contributed by atoms with van der Waals surface area (Å²) in [5, 5.41) is 0. The van der Waals surface area contributed by atoms with Gasteiger partial charge in [0.25, 0.3) is 0 Å². The molecule has 0 fully saturated rings. The van der Waals surface area contributed by atoms with Crippen LogP contribution in [0.5, 0.6) is 0 Å². The van der Waals surface area contributed by atoms with Crippen LogP contribution in [0, 0.1) is 0 Å². The van der Waals surface area contributed by atoms with Crippen LogP contribution in [0.25, 0.3) is 0 Å². The highest BCUT2D eigenvalue weighted by atomic mass is 35.5. The lowest BCUT2D eigenvalue weighted by atomic mass is 10.2. The van der Waals surface area contributed by atoms with Gasteiger partial charge in [-0.25, -0.2) is 0 Å². The van der Waals surface area contributed by atoms with Crippen LogP contribution in [0.15, 0.2) is 0 Å². The monoisotopic (exact) mass is 470 g/mol. The molecule has 0 atom stereocenters. The third-order valence-corrected chi connectivity index (χ3v) is 4.56. The summed E-state index contributed by atoms with van der Waals surface area (Å²) in [5.41, 5.74) is 0. The van der Waals surface area contributed by atoms with Crippen molar-refractivity contribution in [3.8, 4) is 0 Å². The molecular formula is C23H47ClO7. The first-order chi connectivity index (χ1) is 15.4. The van der Waals surface area contributed by atoms with Crippen LogP contribution in [0.3, 0.4) is 0 Å². The van der Waals surface area contributed by atoms with Gasteiger partial charge in [0.15, 0.2) is 0 Å². The summed E-state index contributed by atoms with van der Waals surface area (Å²) in [6.45, 7) is 10.9. The summed E-state index contributed by atoms with van der Waals surface area (Å²) in [6, 6.07) is 0. The van der Waals surface area contributed by atoms with E-state index in [9.17, 15) is 0 Å². The van der Waals surface area contributed by atoms with Crippen LogP contribution in [0.4, 0.5) is 0 Å². The predicted octanol–water partition coefficient (Wildman–Crippen LogP) is 4.09. The second-order valence-corrected chi connectivity index (χ2v) is 7.47. The fraction of sp³-hybridized carbons (Fsp3) is 1.00. The Balaban J connectivity index is 2.98. The second kappa shape index (κ2) is 30.0. The van der Waals surface area contributed by atoms with Gasteiger partial charge in [-0.1, -0.05) is 32.6 Å². The number of rotatable bonds is 28. The summed E-state index contributed by atoms with van der Waals surface area (Å²) >= 11 is 5.64. The molecule has 0 spiro atoms. The molecule has 0 aromatic rings. The van der Waals surface area contributed by atoms with E-state index in [1.807, 2.05) is 0 Å². The van der Waals surface area contributed by atoms with Gasteiger partial charge in [-0.3, -0.25) is 0 Å². The van der Waals surface area contributed by atoms with E-state index >= 15 is 0 Å². The van der Waals surface area contributed by atoms with Crippen molar-refractivity contribution < 1.29 is 33.2 Å². The Kier molecular flexibility index (Phi) is 30.0. The van der Waals surface area contributed by atoms with Gasteiger partial charge in [-0.2, -0.15) is 0 Å². The van der Waals surface area contributed by atoms with Gasteiger partial charge in [0, 0.05) is 19.1 Å². The first-order valence-electron chi connectivity index (χ1n) is 12.0. The highest BCUT2D eigenvalue weighted by molar-refractivity contribution is 6.17. The van der Waals surface area contributed by atoms with Crippen LogP contribution >= 0.6 is 11.6 Å². The molecule has 0 rings (SSSR count). The lowest BCUT2D eigenvalue weighted by Gasteiger charge is -2.08. The molecule has 7 nitrogen and oxygen atoms in total. The van der Waals surface area contributed by atoms with E-state index in [0.29, 0.717) is 79.3 Å². The van der Waals surface area contributed by atoms with Crippen molar-refractivity contribution in [1.82, 2.24) is 0 Å². The van der Waals surface area contributed by atoms with Gasteiger partial charge in [0.1, 0.15) is 0 Å². The van der Waals surface area contributed by atoms with Gasteiger partial charge < -0.3 is 33.2 Å². The first kappa shape index (κ1) is 31.0. The molecule has 8 heteroatoms. The highest BCUT2D eigenvalue weighted by Crippen LogP contribution is 2.01. The molecule has 0 bridgehead atoms. The van der Waals surface area contributed by atoms with Gasteiger partial charge in [0.05, 0.1) is 79.3 Å². The summed E-state index contributed by atoms with van der Waals surface area (Å²) in [7, 11) is 0. The van der Waals surface area contributed by atoms with Crippen LogP contribution < -0.4 is 0 Å². The molecule has 0 N–H and O–H groups in total. The zero-order chi connectivity index (χ0) is 22.5. The minimum absolute atomic E-state index is 0.558. The maximum absolute atomic E-state index is 5.64. The maximum Gasteiger partial charge on any atom is 0.0701 e. The molecule has 0 aliphatic rings. The summed E-state index contributed by atoms with van der Waals surface area (Å²) in [4.78, 5) is 0. The Morgan fingerprint density at radius 1 is 0.355 bits per heavy atom. The van der Waals surface area contributed by atoms with Crippen molar-refractivity contribution >= 4 is 11.6 Å². The van der Waals surface area contributed by atoms with E-state index in [1.54, 1.807) is 0 Å². The zero-order valence-electron chi connectivity index (χ0n) is 19.8. The lowest BCUT2D eigenvalue weighted by Crippen LogP contribution is -2.14.